The van der Waals surface area contributed by atoms with Gasteiger partial charge in [0.25, 0.3) is 0 Å². The first kappa shape index (κ1) is 19.9. The standard InChI is InChI=1S/C19H16F3N2O3S/c20-19(21,22)11-4-12-28(25,26)24-15-9-10-18(23-13-15)27-17-8-3-6-14-5-1-2-7-16(14)17/h1-3,5-10,13H,4,11-12H2/q-1. The first-order chi connectivity index (χ1) is 13.2. The maximum Gasteiger partial charge on any atom is 0.389 e. The highest BCUT2D eigenvalue weighted by Crippen LogP contribution is 2.31. The van der Waals surface area contributed by atoms with E-state index < -0.39 is 34.8 Å². The Labute approximate surface area is 160 Å². The highest BCUT2D eigenvalue weighted by Gasteiger charge is 2.26. The number of hydrogen-bond acceptors (Lipinski definition) is 4. The van der Waals surface area contributed by atoms with Gasteiger partial charge in [-0.3, -0.25) is 0 Å². The first-order valence-electron chi connectivity index (χ1n) is 8.36. The minimum atomic E-state index is -4.39. The van der Waals surface area contributed by atoms with Gasteiger partial charge in [-0.1, -0.05) is 42.5 Å². The van der Waals surface area contributed by atoms with Gasteiger partial charge < -0.3 is 9.46 Å². The van der Waals surface area contributed by atoms with Crippen LogP contribution in [0.2, 0.25) is 0 Å². The summed E-state index contributed by atoms with van der Waals surface area (Å²) in [6, 6.07) is 16.1. The van der Waals surface area contributed by atoms with E-state index in [0.29, 0.717) is 5.75 Å². The molecule has 0 saturated heterocycles. The molecule has 0 fully saturated rings. The topological polar surface area (TPSA) is 70.4 Å². The quantitative estimate of drug-likeness (QED) is 0.502. The summed E-state index contributed by atoms with van der Waals surface area (Å²) < 4.78 is 69.3. The Bertz CT molecular complexity index is 1050. The van der Waals surface area contributed by atoms with Crippen LogP contribution in [-0.2, 0) is 10.0 Å². The lowest BCUT2D eigenvalue weighted by molar-refractivity contribution is -0.134. The van der Waals surface area contributed by atoms with E-state index in [-0.39, 0.29) is 11.6 Å². The number of sulfonamides is 1. The van der Waals surface area contributed by atoms with Gasteiger partial charge in [0.15, 0.2) is 0 Å². The number of pyridine rings is 1. The summed E-state index contributed by atoms with van der Waals surface area (Å²) >= 11 is 0. The smallest absolute Gasteiger partial charge is 0.389 e. The Hall–Kier alpha value is -2.81. The van der Waals surface area contributed by atoms with Crippen LogP contribution >= 0.6 is 0 Å². The van der Waals surface area contributed by atoms with Gasteiger partial charge in [-0.25, -0.2) is 13.4 Å². The van der Waals surface area contributed by atoms with Crippen LogP contribution in [0.1, 0.15) is 12.8 Å². The highest BCUT2D eigenvalue weighted by molar-refractivity contribution is 7.94. The van der Waals surface area contributed by atoms with Crippen LogP contribution in [0, 0.1) is 0 Å². The van der Waals surface area contributed by atoms with Crippen molar-refractivity contribution < 1.29 is 26.3 Å². The second kappa shape index (κ2) is 8.05. The molecule has 9 heteroatoms. The van der Waals surface area contributed by atoms with Crippen LogP contribution in [0.15, 0.2) is 60.8 Å². The molecule has 148 valence electrons. The first-order valence-corrected chi connectivity index (χ1v) is 9.97. The van der Waals surface area contributed by atoms with E-state index in [0.717, 1.165) is 10.8 Å². The van der Waals surface area contributed by atoms with Crippen LogP contribution in [-0.4, -0.2) is 25.3 Å². The summed E-state index contributed by atoms with van der Waals surface area (Å²) in [6.07, 6.45) is -4.90. The molecule has 1 heterocycles. The van der Waals surface area contributed by atoms with E-state index in [1.54, 1.807) is 6.07 Å². The molecular weight excluding hydrogens is 393 g/mol. The van der Waals surface area contributed by atoms with Crippen molar-refractivity contribution in [1.29, 1.82) is 0 Å². The molecule has 0 radical (unpaired) electrons. The van der Waals surface area contributed by atoms with E-state index in [9.17, 15) is 21.6 Å². The molecule has 0 N–H and O–H groups in total. The van der Waals surface area contributed by atoms with Crippen molar-refractivity contribution in [2.24, 2.45) is 0 Å². The summed E-state index contributed by atoms with van der Waals surface area (Å²) in [5.41, 5.74) is 0.0253. The Kier molecular flexibility index (Phi) is 5.73. The van der Waals surface area contributed by atoms with Crippen LogP contribution in [0.3, 0.4) is 0 Å². The maximum absolute atomic E-state index is 12.1. The van der Waals surface area contributed by atoms with Gasteiger partial charge in [-0.15, -0.1) is 5.69 Å². The van der Waals surface area contributed by atoms with E-state index in [1.807, 2.05) is 36.4 Å². The maximum atomic E-state index is 12.1. The predicted molar refractivity (Wildman–Crippen MR) is 100 cm³/mol. The van der Waals surface area contributed by atoms with Gasteiger partial charge in [0, 0.05) is 23.8 Å². The molecule has 0 aliphatic heterocycles. The number of fused-ring (bicyclic) bond motifs is 1. The van der Waals surface area contributed by atoms with Gasteiger partial charge in [-0.2, -0.15) is 13.2 Å². The highest BCUT2D eigenvalue weighted by atomic mass is 32.2. The summed E-state index contributed by atoms with van der Waals surface area (Å²) in [4.78, 5) is 4.02. The van der Waals surface area contributed by atoms with E-state index >= 15 is 0 Å². The molecule has 3 rings (SSSR count). The lowest BCUT2D eigenvalue weighted by atomic mass is 10.1. The molecule has 0 aliphatic rings. The number of alkyl halides is 3. The zero-order valence-corrected chi connectivity index (χ0v) is 15.4. The van der Waals surface area contributed by atoms with Crippen LogP contribution in [0.4, 0.5) is 18.9 Å². The molecular formula is C19H16F3N2O3S-. The van der Waals surface area contributed by atoms with Crippen molar-refractivity contribution in [2.75, 3.05) is 5.75 Å². The third kappa shape index (κ3) is 5.59. The van der Waals surface area contributed by atoms with Gasteiger partial charge in [0.05, 0.1) is 10.0 Å². The average Bonchev–Trinajstić information content (AvgIpc) is 2.62. The van der Waals surface area contributed by atoms with Crippen molar-refractivity contribution in [1.82, 2.24) is 4.98 Å². The van der Waals surface area contributed by atoms with Crippen molar-refractivity contribution in [3.8, 4) is 11.6 Å². The van der Waals surface area contributed by atoms with Gasteiger partial charge in [0.1, 0.15) is 5.75 Å². The third-order valence-electron chi connectivity index (χ3n) is 3.79. The molecule has 0 spiro atoms. The molecule has 0 amide bonds. The van der Waals surface area contributed by atoms with E-state index in [2.05, 4.69) is 9.71 Å². The molecule has 28 heavy (non-hydrogen) atoms. The molecule has 5 nitrogen and oxygen atoms in total. The number of nitrogens with zero attached hydrogens (tertiary/aromatic N) is 2. The Balaban J connectivity index is 1.65. The SMILES string of the molecule is O=S(=O)(CCCC(F)(F)F)[N-]c1ccc(Oc2cccc3ccccc23)nc1. The van der Waals surface area contributed by atoms with Crippen molar-refractivity contribution >= 4 is 26.5 Å². The lowest BCUT2D eigenvalue weighted by Gasteiger charge is -2.21. The molecule has 1 aromatic heterocycles. The molecule has 2 aromatic carbocycles. The lowest BCUT2D eigenvalue weighted by Crippen LogP contribution is -2.11. The predicted octanol–water partition coefficient (Wildman–Crippen LogP) is 5.70. The fourth-order valence-electron chi connectivity index (χ4n) is 2.55. The number of benzene rings is 2. The average molecular weight is 409 g/mol. The minimum Gasteiger partial charge on any atom is -0.576 e. The van der Waals surface area contributed by atoms with Gasteiger partial charge in [0.2, 0.25) is 5.88 Å². The summed E-state index contributed by atoms with van der Waals surface area (Å²) in [5.74, 6) is 0.153. The second-order valence-corrected chi connectivity index (χ2v) is 7.78. The normalized spacial score (nSPS) is 12.1. The Morgan fingerprint density at radius 3 is 2.46 bits per heavy atom. The fourth-order valence-corrected chi connectivity index (χ4v) is 3.58. The number of ether oxygens (including phenoxy) is 1. The van der Waals surface area contributed by atoms with Gasteiger partial charge in [-0.05, 0) is 23.9 Å². The van der Waals surface area contributed by atoms with Crippen molar-refractivity contribution in [3.05, 3.63) is 65.5 Å². The summed E-state index contributed by atoms with van der Waals surface area (Å²) in [6.45, 7) is 0. The minimum absolute atomic E-state index is 0.0253. The van der Waals surface area contributed by atoms with Gasteiger partial charge >= 0.3 is 6.18 Å². The fraction of sp³-hybridized carbons (Fsp3) is 0.211. The Morgan fingerprint density at radius 2 is 1.75 bits per heavy atom. The number of rotatable bonds is 7. The monoisotopic (exact) mass is 409 g/mol. The van der Waals surface area contributed by atoms with Crippen molar-refractivity contribution in [3.63, 3.8) is 0 Å². The van der Waals surface area contributed by atoms with Crippen LogP contribution in [0.5, 0.6) is 11.6 Å². The van der Waals surface area contributed by atoms with Crippen molar-refractivity contribution in [2.45, 2.75) is 19.0 Å². The summed E-state index contributed by atoms with van der Waals surface area (Å²) in [5, 5.41) is 1.89. The van der Waals surface area contributed by atoms with E-state index in [4.69, 9.17) is 4.74 Å². The summed E-state index contributed by atoms with van der Waals surface area (Å²) in [7, 11) is -4.01. The number of aromatic nitrogens is 1. The molecule has 0 unspecified atom stereocenters. The number of halogens is 3. The van der Waals surface area contributed by atoms with Crippen LogP contribution in [0.25, 0.3) is 15.5 Å². The molecule has 0 saturated carbocycles. The second-order valence-electron chi connectivity index (χ2n) is 6.03. The van der Waals surface area contributed by atoms with E-state index in [1.165, 1.54) is 18.3 Å². The van der Waals surface area contributed by atoms with Crippen LogP contribution < -0.4 is 4.74 Å². The largest absolute Gasteiger partial charge is 0.576 e. The zero-order chi connectivity index (χ0) is 20.2. The molecule has 0 atom stereocenters. The third-order valence-corrected chi connectivity index (χ3v) is 5.09. The molecule has 0 aliphatic carbocycles. The number of hydrogen-bond donors (Lipinski definition) is 0. The molecule has 0 bridgehead atoms. The zero-order valence-electron chi connectivity index (χ0n) is 14.6. The molecule has 3 aromatic rings. The Morgan fingerprint density at radius 1 is 1.00 bits per heavy atom.